The van der Waals surface area contributed by atoms with Crippen LogP contribution in [0, 0.1) is 0 Å². The number of ether oxygens (including phenoxy) is 2. The molecular weight excluding hydrogens is 423 g/mol. The molecule has 2 unspecified atom stereocenters. The van der Waals surface area contributed by atoms with Gasteiger partial charge in [0.15, 0.2) is 0 Å². The van der Waals surface area contributed by atoms with Gasteiger partial charge in [0.1, 0.15) is 22.5 Å². The molecule has 0 saturated carbocycles. The van der Waals surface area contributed by atoms with Crippen LogP contribution >= 0.6 is 23.2 Å². The molecule has 0 radical (unpaired) electrons. The van der Waals surface area contributed by atoms with Crippen LogP contribution < -0.4 is 0 Å². The molecule has 2 nitrogen and oxygen atoms in total. The second-order valence-electron chi connectivity index (χ2n) is 6.54. The molecule has 0 spiro atoms. The van der Waals surface area contributed by atoms with E-state index in [1.165, 1.54) is 11.1 Å². The summed E-state index contributed by atoms with van der Waals surface area (Å²) in [6.07, 6.45) is 1.67. The van der Waals surface area contributed by atoms with Crippen molar-refractivity contribution in [2.45, 2.75) is 23.2 Å². The van der Waals surface area contributed by atoms with Gasteiger partial charge in [0.25, 0.3) is 0 Å². The van der Waals surface area contributed by atoms with Crippen molar-refractivity contribution in [3.05, 3.63) is 96.3 Å². The summed E-state index contributed by atoms with van der Waals surface area (Å²) in [5.41, 5.74) is 6.42. The lowest BCUT2D eigenvalue weighted by Crippen LogP contribution is -2.50. The standard InChI is InChI=1S/C22H28Cl2O2Si2/c1-3-27(21(23)24)28(4-2)22(25-17-15-19-11-7-5-8-12-19)26-18-16-20-13-9-6-10-14-20/h3-14,21-22,27-28H,1-2,15-18H2. The summed E-state index contributed by atoms with van der Waals surface area (Å²) in [6, 6.07) is 20.6. The second-order valence-corrected chi connectivity index (χ2v) is 17.6. The minimum Gasteiger partial charge on any atom is -0.356 e. The minimum absolute atomic E-state index is 0.292. The first-order chi connectivity index (χ1) is 13.7. The van der Waals surface area contributed by atoms with Crippen LogP contribution in [0.2, 0.25) is 0 Å². The Morgan fingerprint density at radius 2 is 1.18 bits per heavy atom. The highest BCUT2D eigenvalue weighted by Crippen LogP contribution is 2.17. The van der Waals surface area contributed by atoms with Crippen molar-refractivity contribution < 1.29 is 9.47 Å². The molecule has 2 aromatic rings. The molecule has 6 heteroatoms. The summed E-state index contributed by atoms with van der Waals surface area (Å²) in [7, 11) is -3.30. The molecule has 150 valence electrons. The average molecular weight is 452 g/mol. The maximum absolute atomic E-state index is 6.25. The molecule has 0 aliphatic heterocycles. The quantitative estimate of drug-likeness (QED) is 0.250. The van der Waals surface area contributed by atoms with Crippen LogP contribution in [0.5, 0.6) is 0 Å². The SMILES string of the molecule is C=C[SiH](C(Cl)Cl)[SiH](C=C)C(OCCc1ccccc1)OCCc1ccccc1. The van der Waals surface area contributed by atoms with Crippen LogP contribution in [0.25, 0.3) is 0 Å². The Kier molecular flexibility index (Phi) is 10.9. The third-order valence-electron chi connectivity index (χ3n) is 4.63. The van der Waals surface area contributed by atoms with Gasteiger partial charge < -0.3 is 9.47 Å². The molecule has 2 rings (SSSR count). The van der Waals surface area contributed by atoms with Crippen molar-refractivity contribution in [1.82, 2.24) is 0 Å². The molecule has 0 bridgehead atoms. The second kappa shape index (κ2) is 13.1. The van der Waals surface area contributed by atoms with Crippen molar-refractivity contribution in [1.29, 1.82) is 0 Å². The van der Waals surface area contributed by atoms with Gasteiger partial charge in [0.2, 0.25) is 0 Å². The fourth-order valence-electron chi connectivity index (χ4n) is 3.02. The van der Waals surface area contributed by atoms with Gasteiger partial charge in [-0.1, -0.05) is 60.7 Å². The van der Waals surface area contributed by atoms with Crippen molar-refractivity contribution in [3.8, 4) is 0 Å². The molecule has 0 heterocycles. The number of hydrogen-bond donors (Lipinski definition) is 0. The zero-order chi connectivity index (χ0) is 20.2. The zero-order valence-corrected chi connectivity index (χ0v) is 19.9. The molecule has 0 amide bonds. The fourth-order valence-corrected chi connectivity index (χ4v) is 13.8. The maximum Gasteiger partial charge on any atom is 0.140 e. The first kappa shape index (κ1) is 23.1. The largest absolute Gasteiger partial charge is 0.356 e. The third-order valence-corrected chi connectivity index (χ3v) is 17.8. The molecule has 2 atom stereocenters. The van der Waals surface area contributed by atoms with E-state index >= 15 is 0 Å². The first-order valence-electron chi connectivity index (χ1n) is 9.50. The van der Waals surface area contributed by atoms with E-state index in [1.807, 2.05) is 47.8 Å². The molecule has 28 heavy (non-hydrogen) atoms. The predicted molar refractivity (Wildman–Crippen MR) is 126 cm³/mol. The molecule has 0 fully saturated rings. The molecule has 0 N–H and O–H groups in total. The van der Waals surface area contributed by atoms with E-state index in [4.69, 9.17) is 32.7 Å². The monoisotopic (exact) mass is 450 g/mol. The zero-order valence-electron chi connectivity index (χ0n) is 16.1. The van der Waals surface area contributed by atoms with Gasteiger partial charge in [-0.15, -0.1) is 47.8 Å². The van der Waals surface area contributed by atoms with Gasteiger partial charge in [0.05, 0.1) is 17.7 Å². The lowest BCUT2D eigenvalue weighted by Gasteiger charge is -2.28. The van der Waals surface area contributed by atoms with Crippen LogP contribution in [-0.2, 0) is 22.3 Å². The molecule has 2 aromatic carbocycles. The molecule has 0 aliphatic carbocycles. The van der Waals surface area contributed by atoms with Crippen LogP contribution in [0.4, 0.5) is 0 Å². The van der Waals surface area contributed by atoms with E-state index < -0.39 is 21.1 Å². The van der Waals surface area contributed by atoms with Crippen LogP contribution in [0.15, 0.2) is 85.2 Å². The van der Waals surface area contributed by atoms with E-state index in [0.29, 0.717) is 13.2 Å². The van der Waals surface area contributed by atoms with Gasteiger partial charge in [-0.2, -0.15) is 0 Å². The molecule has 0 aromatic heterocycles. The summed E-state index contributed by atoms with van der Waals surface area (Å²) in [5, 5.41) is 0. The number of rotatable bonds is 13. The molecule has 0 saturated heterocycles. The lowest BCUT2D eigenvalue weighted by atomic mass is 10.2. The molecular formula is C22H28Cl2O2Si2. The topological polar surface area (TPSA) is 18.5 Å². The van der Waals surface area contributed by atoms with Gasteiger partial charge in [0, 0.05) is 0 Å². The van der Waals surface area contributed by atoms with Crippen molar-refractivity contribution >= 4 is 39.8 Å². The number of alkyl halides is 2. The summed E-state index contributed by atoms with van der Waals surface area (Å²) < 4.78 is 12.0. The average Bonchev–Trinajstić information content (AvgIpc) is 2.72. The Hall–Kier alpha value is -1.15. The van der Waals surface area contributed by atoms with Crippen molar-refractivity contribution in [2.75, 3.05) is 13.2 Å². The maximum atomic E-state index is 6.25. The van der Waals surface area contributed by atoms with E-state index in [2.05, 4.69) is 37.4 Å². The summed E-state index contributed by atoms with van der Waals surface area (Å²) in [4.78, 5) is 0. The Labute approximate surface area is 181 Å². The van der Waals surface area contributed by atoms with Crippen LogP contribution in [-0.4, -0.2) is 40.2 Å². The third kappa shape index (κ3) is 7.70. The predicted octanol–water partition coefficient (Wildman–Crippen LogP) is 4.70. The van der Waals surface area contributed by atoms with Crippen molar-refractivity contribution in [2.24, 2.45) is 0 Å². The molecule has 0 aliphatic rings. The summed E-state index contributed by atoms with van der Waals surface area (Å²) >= 11 is 12.5. The van der Waals surface area contributed by atoms with Crippen LogP contribution in [0.3, 0.4) is 0 Å². The van der Waals surface area contributed by atoms with Crippen molar-refractivity contribution in [3.63, 3.8) is 0 Å². The Bertz CT molecular complexity index is 653. The van der Waals surface area contributed by atoms with Gasteiger partial charge in [-0.3, -0.25) is 0 Å². The van der Waals surface area contributed by atoms with E-state index in [-0.39, 0.29) is 5.91 Å². The highest BCUT2D eigenvalue weighted by Gasteiger charge is 2.34. The van der Waals surface area contributed by atoms with Gasteiger partial charge in [-0.25, -0.2) is 0 Å². The first-order valence-corrected chi connectivity index (χ1v) is 15.7. The minimum atomic E-state index is -1.68. The normalized spacial score (nSPS) is 13.4. The van der Waals surface area contributed by atoms with Gasteiger partial charge in [-0.05, 0) is 24.0 Å². The fraction of sp³-hybridized carbons (Fsp3) is 0.273. The smallest absolute Gasteiger partial charge is 0.140 e. The summed E-state index contributed by atoms with van der Waals surface area (Å²) in [5.74, 6) is -0.292. The Morgan fingerprint density at radius 1 is 0.750 bits per heavy atom. The number of halogens is 2. The van der Waals surface area contributed by atoms with E-state index in [0.717, 1.165) is 12.8 Å². The van der Waals surface area contributed by atoms with Gasteiger partial charge >= 0.3 is 0 Å². The van der Waals surface area contributed by atoms with Crippen LogP contribution in [0.1, 0.15) is 11.1 Å². The van der Waals surface area contributed by atoms with E-state index in [9.17, 15) is 0 Å². The van der Waals surface area contributed by atoms with E-state index in [1.54, 1.807) is 0 Å². The number of benzene rings is 2. The Balaban J connectivity index is 2.00. The summed E-state index contributed by atoms with van der Waals surface area (Å²) in [6.45, 7) is 9.17. The highest BCUT2D eigenvalue weighted by atomic mass is 35.5. The Morgan fingerprint density at radius 3 is 1.54 bits per heavy atom. The lowest BCUT2D eigenvalue weighted by molar-refractivity contribution is -0.0894. The number of hydrogen-bond acceptors (Lipinski definition) is 2. The highest BCUT2D eigenvalue weighted by molar-refractivity contribution is 7.31.